The Balaban J connectivity index is 2.04. The van der Waals surface area contributed by atoms with Gasteiger partial charge in [-0.15, -0.1) is 6.58 Å². The summed E-state index contributed by atoms with van der Waals surface area (Å²) in [6.45, 7) is 11.2. The molecule has 2 rings (SSSR count). The predicted molar refractivity (Wildman–Crippen MR) is 107 cm³/mol. The number of allylic oxidation sites excluding steroid dienone is 8. The quantitative estimate of drug-likeness (QED) is 0.284. The normalized spacial score (nSPS) is 16.1. The van der Waals surface area contributed by atoms with Gasteiger partial charge in [0.2, 0.25) is 0 Å². The predicted octanol–water partition coefficient (Wildman–Crippen LogP) is 4.98. The van der Waals surface area contributed by atoms with Gasteiger partial charge in [-0.25, -0.2) is 9.56 Å². The van der Waals surface area contributed by atoms with Gasteiger partial charge in [-0.05, 0) is 25.8 Å². The van der Waals surface area contributed by atoms with Crippen LogP contribution in [0.5, 0.6) is 0 Å². The molecule has 0 amide bonds. The lowest BCUT2D eigenvalue weighted by molar-refractivity contribution is -0.440. The van der Waals surface area contributed by atoms with Gasteiger partial charge in [-0.1, -0.05) is 36.8 Å². The number of imidazole rings is 1. The van der Waals surface area contributed by atoms with Crippen LogP contribution in [-0.4, -0.2) is 27.4 Å². The van der Waals surface area contributed by atoms with Gasteiger partial charge in [0.25, 0.3) is 0 Å². The number of aromatic nitrogens is 2. The summed E-state index contributed by atoms with van der Waals surface area (Å²) in [6, 6.07) is 0. The summed E-state index contributed by atoms with van der Waals surface area (Å²) in [4.78, 5) is 4.29. The molecule has 0 spiro atoms. The van der Waals surface area contributed by atoms with E-state index in [9.17, 15) is 0 Å². The van der Waals surface area contributed by atoms with Crippen molar-refractivity contribution in [3.8, 4) is 0 Å². The second-order valence-electron chi connectivity index (χ2n) is 6.60. The van der Waals surface area contributed by atoms with Crippen LogP contribution >= 0.6 is 0 Å². The maximum atomic E-state index is 4.29. The van der Waals surface area contributed by atoms with Crippen molar-refractivity contribution in [3.63, 3.8) is 0 Å². The lowest BCUT2D eigenvalue weighted by Gasteiger charge is -2.06. The second-order valence-corrected chi connectivity index (χ2v) is 6.60. The van der Waals surface area contributed by atoms with Crippen molar-refractivity contribution in [2.75, 3.05) is 7.05 Å². The first kappa shape index (κ1) is 18.9. The Morgan fingerprint density at radius 1 is 1.36 bits per heavy atom. The number of hydrogen-bond donors (Lipinski definition) is 0. The molecule has 0 unspecified atom stereocenters. The SMILES string of the molecule is C=CCC(=C\C=C(\C)CC)/[N+](C)=C/C1=CC=C(Cn2ccnc2C)C1. The average molecular weight is 337 g/mol. The molecular formula is C22H30N3+. The molecule has 1 aromatic heterocycles. The number of rotatable bonds is 8. The minimum absolute atomic E-state index is 0.863. The standard InChI is InChI=1S/C22H30N3/c1-6-8-22(12-9-18(3)7-2)24(5)16-20-10-11-21(15-20)17-25-14-13-23-19(25)4/h6,9-14,16H,1,7-8,15,17H2,2-5H3/q+1/b18-9-,22-12+,24-16+. The minimum Gasteiger partial charge on any atom is -0.331 e. The lowest BCUT2D eigenvalue weighted by atomic mass is 10.1. The van der Waals surface area contributed by atoms with E-state index in [2.05, 4.69) is 72.1 Å². The molecule has 1 aliphatic rings. The molecule has 0 atom stereocenters. The number of hydrogen-bond acceptors (Lipinski definition) is 1. The van der Waals surface area contributed by atoms with E-state index in [0.717, 1.165) is 31.6 Å². The number of nitrogens with zero attached hydrogens (tertiary/aromatic N) is 3. The van der Waals surface area contributed by atoms with Crippen LogP contribution in [0, 0.1) is 6.92 Å². The lowest BCUT2D eigenvalue weighted by Crippen LogP contribution is -2.08. The maximum absolute atomic E-state index is 4.29. The minimum atomic E-state index is 0.863. The smallest absolute Gasteiger partial charge is 0.184 e. The van der Waals surface area contributed by atoms with Crippen LogP contribution in [0.25, 0.3) is 0 Å². The van der Waals surface area contributed by atoms with Gasteiger partial charge in [0.05, 0.1) is 6.42 Å². The molecule has 25 heavy (non-hydrogen) atoms. The molecule has 132 valence electrons. The summed E-state index contributed by atoms with van der Waals surface area (Å²) in [7, 11) is 2.11. The molecule has 0 fully saturated rings. The van der Waals surface area contributed by atoms with E-state index in [-0.39, 0.29) is 0 Å². The van der Waals surface area contributed by atoms with Crippen LogP contribution in [0.2, 0.25) is 0 Å². The summed E-state index contributed by atoms with van der Waals surface area (Å²) in [5.41, 5.74) is 5.38. The highest BCUT2D eigenvalue weighted by Crippen LogP contribution is 2.20. The first-order valence-corrected chi connectivity index (χ1v) is 8.94. The van der Waals surface area contributed by atoms with E-state index in [4.69, 9.17) is 0 Å². The Morgan fingerprint density at radius 2 is 2.16 bits per heavy atom. The molecule has 0 aromatic carbocycles. The first-order chi connectivity index (χ1) is 12.0. The Bertz CT molecular complexity index is 767. The van der Waals surface area contributed by atoms with Crippen molar-refractivity contribution in [1.29, 1.82) is 0 Å². The van der Waals surface area contributed by atoms with Crippen LogP contribution in [0.15, 0.2) is 71.8 Å². The average Bonchev–Trinajstić information content (AvgIpc) is 3.20. The second kappa shape index (κ2) is 9.16. The van der Waals surface area contributed by atoms with Crippen LogP contribution in [-0.2, 0) is 6.54 Å². The van der Waals surface area contributed by atoms with E-state index in [1.807, 2.05) is 25.4 Å². The summed E-state index contributed by atoms with van der Waals surface area (Å²) in [6.07, 6.45) is 19.9. The van der Waals surface area contributed by atoms with Gasteiger partial charge in [0, 0.05) is 37.0 Å². The fraction of sp³-hybridized carbons (Fsp3) is 0.364. The van der Waals surface area contributed by atoms with Crippen LogP contribution < -0.4 is 0 Å². The van der Waals surface area contributed by atoms with Gasteiger partial charge in [0.15, 0.2) is 11.9 Å². The van der Waals surface area contributed by atoms with Gasteiger partial charge in [-0.3, -0.25) is 0 Å². The van der Waals surface area contributed by atoms with Gasteiger partial charge in [-0.2, -0.15) is 0 Å². The van der Waals surface area contributed by atoms with Crippen molar-refractivity contribution in [1.82, 2.24) is 9.55 Å². The van der Waals surface area contributed by atoms with E-state index < -0.39 is 0 Å². The fourth-order valence-corrected chi connectivity index (χ4v) is 2.76. The van der Waals surface area contributed by atoms with Crippen molar-refractivity contribution in [3.05, 3.63) is 77.6 Å². The van der Waals surface area contributed by atoms with Crippen molar-refractivity contribution in [2.45, 2.75) is 46.6 Å². The summed E-state index contributed by atoms with van der Waals surface area (Å²) in [5.74, 6) is 1.06. The van der Waals surface area contributed by atoms with E-state index in [1.54, 1.807) is 0 Å². The molecule has 0 saturated heterocycles. The van der Waals surface area contributed by atoms with Crippen LogP contribution in [0.1, 0.15) is 38.9 Å². The third-order valence-corrected chi connectivity index (χ3v) is 4.55. The van der Waals surface area contributed by atoms with Crippen molar-refractivity contribution < 1.29 is 4.58 Å². The van der Waals surface area contributed by atoms with E-state index >= 15 is 0 Å². The monoisotopic (exact) mass is 336 g/mol. The molecule has 0 radical (unpaired) electrons. The van der Waals surface area contributed by atoms with Gasteiger partial charge in [0.1, 0.15) is 12.9 Å². The molecule has 0 N–H and O–H groups in total. The largest absolute Gasteiger partial charge is 0.331 e. The molecule has 0 aliphatic heterocycles. The summed E-state index contributed by atoms with van der Waals surface area (Å²) in [5, 5.41) is 0. The molecule has 3 heteroatoms. The number of aryl methyl sites for hydroxylation is 1. The molecule has 1 aliphatic carbocycles. The molecule has 0 saturated carbocycles. The highest BCUT2D eigenvalue weighted by atomic mass is 15.0. The van der Waals surface area contributed by atoms with Crippen LogP contribution in [0.3, 0.4) is 0 Å². The molecule has 0 bridgehead atoms. The Labute approximate surface area is 152 Å². The molecule has 1 aromatic rings. The van der Waals surface area contributed by atoms with Crippen molar-refractivity contribution in [2.24, 2.45) is 0 Å². The first-order valence-electron chi connectivity index (χ1n) is 8.94. The maximum Gasteiger partial charge on any atom is 0.184 e. The Kier molecular flexibility index (Phi) is 6.93. The van der Waals surface area contributed by atoms with E-state index in [0.29, 0.717) is 0 Å². The molecular weight excluding hydrogens is 306 g/mol. The zero-order valence-electron chi connectivity index (χ0n) is 16.0. The summed E-state index contributed by atoms with van der Waals surface area (Å²) < 4.78 is 4.40. The fourth-order valence-electron chi connectivity index (χ4n) is 2.76. The topological polar surface area (TPSA) is 20.8 Å². The highest BCUT2D eigenvalue weighted by molar-refractivity contribution is 5.77. The zero-order chi connectivity index (χ0) is 18.2. The van der Waals surface area contributed by atoms with Gasteiger partial charge < -0.3 is 4.57 Å². The zero-order valence-corrected chi connectivity index (χ0v) is 16.0. The van der Waals surface area contributed by atoms with Gasteiger partial charge >= 0.3 is 0 Å². The van der Waals surface area contributed by atoms with Crippen molar-refractivity contribution >= 4 is 6.21 Å². The van der Waals surface area contributed by atoms with E-state index in [1.165, 1.54) is 22.4 Å². The van der Waals surface area contributed by atoms with Crippen LogP contribution in [0.4, 0.5) is 0 Å². The third kappa shape index (κ3) is 5.56. The highest BCUT2D eigenvalue weighted by Gasteiger charge is 2.13. The Morgan fingerprint density at radius 3 is 2.80 bits per heavy atom. The molecule has 3 nitrogen and oxygen atoms in total. The molecule has 1 heterocycles. The summed E-state index contributed by atoms with van der Waals surface area (Å²) >= 11 is 0. The third-order valence-electron chi connectivity index (χ3n) is 4.55. The Hall–Kier alpha value is -2.42.